The number of allylic oxidation sites excluding steroid dienone is 1. The van der Waals surface area contributed by atoms with E-state index in [1.54, 1.807) is 18.2 Å². The van der Waals surface area contributed by atoms with Crippen molar-refractivity contribution in [1.82, 2.24) is 5.32 Å². The van der Waals surface area contributed by atoms with Gasteiger partial charge in [0.05, 0.1) is 15.6 Å². The summed E-state index contributed by atoms with van der Waals surface area (Å²) in [7, 11) is 0. The molecule has 0 spiro atoms. The second kappa shape index (κ2) is 9.09. The lowest BCUT2D eigenvalue weighted by Gasteiger charge is -2.16. The van der Waals surface area contributed by atoms with Gasteiger partial charge in [0.2, 0.25) is 0 Å². The molecule has 0 fully saturated rings. The van der Waals surface area contributed by atoms with Gasteiger partial charge in [0, 0.05) is 6.54 Å². The highest BCUT2D eigenvalue weighted by atomic mass is 35.5. The smallest absolute Gasteiger partial charge is 0.341 e. The zero-order valence-electron chi connectivity index (χ0n) is 13.6. The molecule has 1 N–H and O–H groups in total. The Morgan fingerprint density at radius 1 is 1.25 bits per heavy atom. The van der Waals surface area contributed by atoms with E-state index in [1.807, 2.05) is 0 Å². The van der Waals surface area contributed by atoms with Gasteiger partial charge in [-0.05, 0) is 51.2 Å². The lowest BCUT2D eigenvalue weighted by atomic mass is 9.97. The summed E-state index contributed by atoms with van der Waals surface area (Å²) in [5, 5.41) is 3.19. The molecule has 130 valence electrons. The summed E-state index contributed by atoms with van der Waals surface area (Å²) in [6.07, 6.45) is 6.85. The van der Waals surface area contributed by atoms with Gasteiger partial charge in [0.15, 0.2) is 6.10 Å². The molecule has 0 saturated heterocycles. The number of amides is 1. The molecule has 0 saturated carbocycles. The SMILES string of the molecule is C[C@@H](OC(=O)c1c(Cl)cccc1Cl)C(=O)NCCC1=CCCCC1. The number of esters is 1. The predicted molar refractivity (Wildman–Crippen MR) is 95.5 cm³/mol. The van der Waals surface area contributed by atoms with Gasteiger partial charge in [-0.15, -0.1) is 0 Å². The summed E-state index contributed by atoms with van der Waals surface area (Å²) in [6.45, 7) is 2.07. The largest absolute Gasteiger partial charge is 0.449 e. The zero-order valence-corrected chi connectivity index (χ0v) is 15.1. The summed E-state index contributed by atoms with van der Waals surface area (Å²) in [5.41, 5.74) is 1.46. The molecule has 0 bridgehead atoms. The van der Waals surface area contributed by atoms with Gasteiger partial charge in [0.25, 0.3) is 5.91 Å². The second-order valence-electron chi connectivity index (χ2n) is 5.79. The van der Waals surface area contributed by atoms with Crippen LogP contribution in [0.15, 0.2) is 29.8 Å². The normalized spacial score (nSPS) is 15.4. The molecule has 4 nitrogen and oxygen atoms in total. The van der Waals surface area contributed by atoms with Crippen LogP contribution in [0.4, 0.5) is 0 Å². The number of nitrogens with one attached hydrogen (secondary N) is 1. The number of carbonyl (C=O) groups excluding carboxylic acids is 2. The summed E-state index contributed by atoms with van der Waals surface area (Å²) in [4.78, 5) is 24.2. The van der Waals surface area contributed by atoms with E-state index < -0.39 is 12.1 Å². The highest BCUT2D eigenvalue weighted by Gasteiger charge is 2.22. The fourth-order valence-electron chi connectivity index (χ4n) is 2.59. The Labute approximate surface area is 152 Å². The van der Waals surface area contributed by atoms with E-state index in [1.165, 1.54) is 25.3 Å². The minimum atomic E-state index is -0.912. The fraction of sp³-hybridized carbons (Fsp3) is 0.444. The van der Waals surface area contributed by atoms with Crippen molar-refractivity contribution < 1.29 is 14.3 Å². The van der Waals surface area contributed by atoms with E-state index in [2.05, 4.69) is 11.4 Å². The molecule has 2 rings (SSSR count). The quantitative estimate of drug-likeness (QED) is 0.591. The maximum atomic E-state index is 12.1. The maximum absolute atomic E-state index is 12.1. The van der Waals surface area contributed by atoms with E-state index in [-0.39, 0.29) is 21.5 Å². The first-order valence-electron chi connectivity index (χ1n) is 8.09. The number of rotatable bonds is 6. The van der Waals surface area contributed by atoms with E-state index in [9.17, 15) is 9.59 Å². The van der Waals surface area contributed by atoms with Crippen LogP contribution in [-0.4, -0.2) is 24.5 Å². The van der Waals surface area contributed by atoms with Gasteiger partial charge in [-0.2, -0.15) is 0 Å². The Balaban J connectivity index is 1.82. The molecule has 0 unspecified atom stereocenters. The van der Waals surface area contributed by atoms with Crippen molar-refractivity contribution in [3.8, 4) is 0 Å². The topological polar surface area (TPSA) is 55.4 Å². The fourth-order valence-corrected chi connectivity index (χ4v) is 3.14. The summed E-state index contributed by atoms with van der Waals surface area (Å²) in [6, 6.07) is 4.73. The van der Waals surface area contributed by atoms with Crippen molar-refractivity contribution in [3.63, 3.8) is 0 Å². The van der Waals surface area contributed by atoms with Crippen LogP contribution < -0.4 is 5.32 Å². The molecule has 1 atom stereocenters. The van der Waals surface area contributed by atoms with E-state index in [0.29, 0.717) is 6.54 Å². The van der Waals surface area contributed by atoms with Crippen molar-refractivity contribution in [2.45, 2.75) is 45.1 Å². The highest BCUT2D eigenvalue weighted by molar-refractivity contribution is 6.39. The first-order chi connectivity index (χ1) is 11.5. The molecule has 1 aromatic rings. The Morgan fingerprint density at radius 3 is 2.58 bits per heavy atom. The van der Waals surface area contributed by atoms with Gasteiger partial charge in [-0.3, -0.25) is 4.79 Å². The Bertz CT molecular complexity index is 623. The maximum Gasteiger partial charge on any atom is 0.341 e. The third kappa shape index (κ3) is 5.25. The van der Waals surface area contributed by atoms with Crippen molar-refractivity contribution >= 4 is 35.1 Å². The Kier molecular flexibility index (Phi) is 7.13. The first-order valence-corrected chi connectivity index (χ1v) is 8.85. The van der Waals surface area contributed by atoms with Crippen LogP contribution in [0.1, 0.15) is 49.4 Å². The first kappa shape index (κ1) is 18.8. The van der Waals surface area contributed by atoms with E-state index in [0.717, 1.165) is 19.3 Å². The average Bonchev–Trinajstić information content (AvgIpc) is 2.55. The Hall–Kier alpha value is -1.52. The molecule has 1 aliphatic carbocycles. The standard InChI is InChI=1S/C18H21Cl2NO3/c1-12(17(22)21-11-10-13-6-3-2-4-7-13)24-18(23)16-14(19)8-5-9-15(16)20/h5-6,8-9,12H,2-4,7,10-11H2,1H3,(H,21,22)/t12-/m1/s1. The number of halogens is 2. The summed E-state index contributed by atoms with van der Waals surface area (Å²) < 4.78 is 5.17. The molecule has 1 aromatic carbocycles. The van der Waals surface area contributed by atoms with Crippen LogP contribution in [0.3, 0.4) is 0 Å². The number of carbonyl (C=O) groups is 2. The Morgan fingerprint density at radius 2 is 1.96 bits per heavy atom. The van der Waals surface area contributed by atoms with E-state index >= 15 is 0 Å². The molecule has 1 amide bonds. The lowest BCUT2D eigenvalue weighted by Crippen LogP contribution is -2.36. The highest BCUT2D eigenvalue weighted by Crippen LogP contribution is 2.25. The minimum Gasteiger partial charge on any atom is -0.449 e. The average molecular weight is 370 g/mol. The van der Waals surface area contributed by atoms with Crippen molar-refractivity contribution in [2.24, 2.45) is 0 Å². The number of benzene rings is 1. The zero-order chi connectivity index (χ0) is 17.5. The van der Waals surface area contributed by atoms with E-state index in [4.69, 9.17) is 27.9 Å². The van der Waals surface area contributed by atoms with Crippen molar-refractivity contribution in [2.75, 3.05) is 6.54 Å². The monoisotopic (exact) mass is 369 g/mol. The van der Waals surface area contributed by atoms with Crippen LogP contribution in [0.25, 0.3) is 0 Å². The molecule has 1 aliphatic rings. The molecular formula is C18H21Cl2NO3. The van der Waals surface area contributed by atoms with Gasteiger partial charge >= 0.3 is 5.97 Å². The summed E-state index contributed by atoms with van der Waals surface area (Å²) in [5.74, 6) is -1.04. The minimum absolute atomic E-state index is 0.0767. The number of ether oxygens (including phenoxy) is 1. The molecular weight excluding hydrogens is 349 g/mol. The van der Waals surface area contributed by atoms with Crippen LogP contribution in [0, 0.1) is 0 Å². The van der Waals surface area contributed by atoms with Crippen LogP contribution in [0.5, 0.6) is 0 Å². The molecule has 0 radical (unpaired) electrons. The number of hydrogen-bond donors (Lipinski definition) is 1. The molecule has 0 heterocycles. The van der Waals surface area contributed by atoms with Gasteiger partial charge in [-0.25, -0.2) is 4.79 Å². The van der Waals surface area contributed by atoms with Gasteiger partial charge < -0.3 is 10.1 Å². The summed E-state index contributed by atoms with van der Waals surface area (Å²) >= 11 is 11.9. The van der Waals surface area contributed by atoms with Crippen molar-refractivity contribution in [1.29, 1.82) is 0 Å². The molecule has 6 heteroatoms. The van der Waals surface area contributed by atoms with Crippen molar-refractivity contribution in [3.05, 3.63) is 45.5 Å². The van der Waals surface area contributed by atoms with Gasteiger partial charge in [-0.1, -0.05) is 40.9 Å². The van der Waals surface area contributed by atoms with Crippen LogP contribution in [-0.2, 0) is 9.53 Å². The molecule has 0 aromatic heterocycles. The molecule has 24 heavy (non-hydrogen) atoms. The third-order valence-corrected chi connectivity index (χ3v) is 4.58. The van der Waals surface area contributed by atoms with Gasteiger partial charge in [0.1, 0.15) is 0 Å². The predicted octanol–water partition coefficient (Wildman–Crippen LogP) is 4.55. The third-order valence-electron chi connectivity index (χ3n) is 3.95. The number of hydrogen-bond acceptors (Lipinski definition) is 3. The second-order valence-corrected chi connectivity index (χ2v) is 6.61. The lowest BCUT2D eigenvalue weighted by molar-refractivity contribution is -0.129. The molecule has 0 aliphatic heterocycles. The van der Waals surface area contributed by atoms with Crippen LogP contribution in [0.2, 0.25) is 10.0 Å². The van der Waals surface area contributed by atoms with Crippen LogP contribution >= 0.6 is 23.2 Å².